The van der Waals surface area contributed by atoms with Gasteiger partial charge in [0.15, 0.2) is 5.69 Å². The molecular formula is C21H28F3N5O6S. The van der Waals surface area contributed by atoms with E-state index in [1.54, 1.807) is 40.8 Å². The highest BCUT2D eigenvalue weighted by molar-refractivity contribution is 7.89. The van der Waals surface area contributed by atoms with Gasteiger partial charge in [0.1, 0.15) is 11.2 Å². The fourth-order valence-corrected chi connectivity index (χ4v) is 4.77. The Labute approximate surface area is 206 Å². The number of benzene rings is 1. The van der Waals surface area contributed by atoms with Gasteiger partial charge in [0, 0.05) is 33.8 Å². The van der Waals surface area contributed by atoms with Gasteiger partial charge < -0.3 is 19.6 Å². The van der Waals surface area contributed by atoms with Crippen LogP contribution in [-0.4, -0.2) is 110 Å². The fraction of sp³-hybridized carbons (Fsp3) is 0.476. The first-order valence-corrected chi connectivity index (χ1v) is 12.0. The lowest BCUT2D eigenvalue weighted by Crippen LogP contribution is -2.36. The summed E-state index contributed by atoms with van der Waals surface area (Å²) in [5.74, 6) is -2.99. The molecule has 1 aromatic carbocycles. The molecule has 0 aliphatic carbocycles. The number of alkyl halides is 3. The summed E-state index contributed by atoms with van der Waals surface area (Å²) in [5.41, 5.74) is 1.31. The first-order valence-electron chi connectivity index (χ1n) is 10.6. The molecule has 200 valence electrons. The predicted octanol–water partition coefficient (Wildman–Crippen LogP) is 1.29. The Hall–Kier alpha value is -3.01. The third-order valence-corrected chi connectivity index (χ3v) is 7.05. The number of nitrogens with zero attached hydrogens (tertiary/aromatic N) is 5. The highest BCUT2D eigenvalue weighted by Crippen LogP contribution is 2.31. The zero-order chi connectivity index (χ0) is 27.3. The lowest BCUT2D eigenvalue weighted by Gasteiger charge is -2.21. The lowest BCUT2D eigenvalue weighted by atomic mass is 10.2. The van der Waals surface area contributed by atoms with Crippen LogP contribution < -0.4 is 0 Å². The molecule has 0 spiro atoms. The Bertz CT molecular complexity index is 1180. The standard InChI is InChI=1S/C19H27N5O4S.C2HF3O2/c1-21(2)9-10-22(3)19(25)18-16-13-23(11-12-28-4)29(26,27)17-8-6-5-7-15(17)24(16)14-20-18;3-2(4,5)1(6)7/h5-8,14H,9-13H2,1-4H3;(H,6,7). The molecule has 2 heterocycles. The van der Waals surface area contributed by atoms with Crippen LogP contribution in [0.3, 0.4) is 0 Å². The summed E-state index contributed by atoms with van der Waals surface area (Å²) in [7, 11) is 3.39. The monoisotopic (exact) mass is 535 g/mol. The van der Waals surface area contributed by atoms with Crippen molar-refractivity contribution in [1.29, 1.82) is 0 Å². The molecule has 2 aromatic rings. The number of para-hydroxylation sites is 1. The summed E-state index contributed by atoms with van der Waals surface area (Å²) in [6, 6.07) is 6.76. The van der Waals surface area contributed by atoms with Crippen molar-refractivity contribution >= 4 is 21.9 Å². The van der Waals surface area contributed by atoms with Crippen LogP contribution in [0.15, 0.2) is 35.5 Å². The normalized spacial score (nSPS) is 14.8. The Morgan fingerprint density at radius 3 is 2.33 bits per heavy atom. The molecule has 1 amide bonds. The van der Waals surface area contributed by atoms with Gasteiger partial charge in [-0.1, -0.05) is 12.1 Å². The molecule has 0 saturated carbocycles. The summed E-state index contributed by atoms with van der Waals surface area (Å²) in [6.07, 6.45) is -3.56. The van der Waals surface area contributed by atoms with Gasteiger partial charge in [-0.3, -0.25) is 9.36 Å². The number of ether oxygens (including phenoxy) is 1. The van der Waals surface area contributed by atoms with Gasteiger partial charge in [0.2, 0.25) is 10.0 Å². The molecule has 1 aliphatic heterocycles. The van der Waals surface area contributed by atoms with Crippen molar-refractivity contribution in [2.75, 3.05) is 54.5 Å². The summed E-state index contributed by atoms with van der Waals surface area (Å²) < 4.78 is 66.3. The highest BCUT2D eigenvalue weighted by Gasteiger charge is 2.38. The number of carboxylic acid groups (broad SMARTS) is 1. The molecule has 1 aliphatic rings. The first kappa shape index (κ1) is 29.2. The number of likely N-dealkylation sites (N-methyl/N-ethyl adjacent to an activating group) is 2. The van der Waals surface area contributed by atoms with Crippen molar-refractivity contribution in [3.63, 3.8) is 0 Å². The number of hydrogen-bond acceptors (Lipinski definition) is 7. The number of aliphatic carboxylic acids is 1. The van der Waals surface area contributed by atoms with Gasteiger partial charge in [-0.25, -0.2) is 18.2 Å². The van der Waals surface area contributed by atoms with E-state index in [1.165, 1.54) is 17.7 Å². The van der Waals surface area contributed by atoms with Crippen LogP contribution in [0.2, 0.25) is 0 Å². The number of imidazole rings is 1. The van der Waals surface area contributed by atoms with Gasteiger partial charge >= 0.3 is 12.1 Å². The van der Waals surface area contributed by atoms with Crippen molar-refractivity contribution in [2.24, 2.45) is 0 Å². The summed E-state index contributed by atoms with van der Waals surface area (Å²) in [6.45, 7) is 1.74. The molecule has 0 radical (unpaired) electrons. The van der Waals surface area contributed by atoms with Crippen molar-refractivity contribution in [1.82, 2.24) is 23.7 Å². The van der Waals surface area contributed by atoms with E-state index in [-0.39, 0.29) is 36.2 Å². The fourth-order valence-electron chi connectivity index (χ4n) is 3.20. The predicted molar refractivity (Wildman–Crippen MR) is 122 cm³/mol. The van der Waals surface area contributed by atoms with Crippen LogP contribution in [0, 0.1) is 0 Å². The number of hydrogen-bond donors (Lipinski definition) is 1. The highest BCUT2D eigenvalue weighted by atomic mass is 32.2. The van der Waals surface area contributed by atoms with Gasteiger partial charge in [-0.2, -0.15) is 17.5 Å². The minimum atomic E-state index is -5.08. The number of carbonyl (C=O) groups is 2. The van der Waals surface area contributed by atoms with Crippen LogP contribution in [0.4, 0.5) is 13.2 Å². The molecule has 0 bridgehead atoms. The third kappa shape index (κ3) is 6.81. The van der Waals surface area contributed by atoms with Gasteiger partial charge in [0.05, 0.1) is 24.5 Å². The summed E-state index contributed by atoms with van der Waals surface area (Å²) in [4.78, 5) is 30.1. The largest absolute Gasteiger partial charge is 0.490 e. The van der Waals surface area contributed by atoms with Crippen molar-refractivity contribution in [3.05, 3.63) is 42.0 Å². The zero-order valence-corrected chi connectivity index (χ0v) is 21.0. The average Bonchev–Trinajstić information content (AvgIpc) is 3.18. The number of sulfonamides is 1. The van der Waals surface area contributed by atoms with E-state index in [4.69, 9.17) is 14.6 Å². The molecule has 36 heavy (non-hydrogen) atoms. The molecule has 0 fully saturated rings. The molecule has 15 heteroatoms. The average molecular weight is 536 g/mol. The van der Waals surface area contributed by atoms with E-state index >= 15 is 0 Å². The van der Waals surface area contributed by atoms with Crippen molar-refractivity contribution in [2.45, 2.75) is 17.6 Å². The molecule has 11 nitrogen and oxygen atoms in total. The number of carboxylic acids is 1. The molecule has 1 aromatic heterocycles. The first-order chi connectivity index (χ1) is 16.7. The molecule has 0 unspecified atom stereocenters. The zero-order valence-electron chi connectivity index (χ0n) is 20.2. The number of fused-ring (bicyclic) bond motifs is 3. The molecule has 3 rings (SSSR count). The Morgan fingerprint density at radius 1 is 1.17 bits per heavy atom. The molecule has 1 N–H and O–H groups in total. The van der Waals surface area contributed by atoms with E-state index < -0.39 is 22.2 Å². The van der Waals surface area contributed by atoms with Crippen molar-refractivity contribution in [3.8, 4) is 5.69 Å². The quantitative estimate of drug-likeness (QED) is 0.563. The number of halogens is 3. The Morgan fingerprint density at radius 2 is 1.78 bits per heavy atom. The van der Waals surface area contributed by atoms with E-state index in [0.29, 0.717) is 17.9 Å². The number of aromatic nitrogens is 2. The van der Waals surface area contributed by atoms with Crippen LogP contribution in [-0.2, 0) is 26.1 Å². The van der Waals surface area contributed by atoms with Crippen LogP contribution in [0.1, 0.15) is 16.2 Å². The lowest BCUT2D eigenvalue weighted by molar-refractivity contribution is -0.192. The molecule has 0 saturated heterocycles. The van der Waals surface area contributed by atoms with E-state index in [1.807, 2.05) is 19.0 Å². The number of carbonyl (C=O) groups excluding carboxylic acids is 1. The second-order valence-electron chi connectivity index (χ2n) is 8.04. The maximum absolute atomic E-state index is 13.2. The minimum Gasteiger partial charge on any atom is -0.475 e. The minimum absolute atomic E-state index is 0.0446. The van der Waals surface area contributed by atoms with E-state index in [0.717, 1.165) is 6.54 Å². The maximum atomic E-state index is 13.2. The Kier molecular flexibility index (Phi) is 9.59. The third-order valence-electron chi connectivity index (χ3n) is 5.15. The smallest absolute Gasteiger partial charge is 0.475 e. The van der Waals surface area contributed by atoms with E-state index in [2.05, 4.69) is 4.98 Å². The topological polar surface area (TPSA) is 125 Å². The molecule has 0 atom stereocenters. The van der Waals surface area contributed by atoms with Gasteiger partial charge in [-0.05, 0) is 26.2 Å². The van der Waals surface area contributed by atoms with Crippen LogP contribution in [0.25, 0.3) is 5.69 Å². The maximum Gasteiger partial charge on any atom is 0.490 e. The second-order valence-corrected chi connectivity index (χ2v) is 9.95. The van der Waals surface area contributed by atoms with Gasteiger partial charge in [-0.15, -0.1) is 0 Å². The van der Waals surface area contributed by atoms with Crippen LogP contribution in [0.5, 0.6) is 0 Å². The SMILES string of the molecule is COCCN1Cc2c(C(=O)N(C)CCN(C)C)ncn2-c2ccccc2S1(=O)=O.O=C(O)C(F)(F)F. The second kappa shape index (κ2) is 11.8. The number of methoxy groups -OCH3 is 1. The van der Waals surface area contributed by atoms with Gasteiger partial charge in [0.25, 0.3) is 5.91 Å². The number of amides is 1. The van der Waals surface area contributed by atoms with E-state index in [9.17, 15) is 26.4 Å². The molecular weight excluding hydrogens is 507 g/mol. The Balaban J connectivity index is 0.000000572. The summed E-state index contributed by atoms with van der Waals surface area (Å²) >= 11 is 0. The van der Waals surface area contributed by atoms with Crippen molar-refractivity contribution < 1.29 is 41.0 Å². The van der Waals surface area contributed by atoms with Crippen LogP contribution >= 0.6 is 0 Å². The number of rotatable bonds is 7. The summed E-state index contributed by atoms with van der Waals surface area (Å²) in [5, 5.41) is 7.12.